The molecule has 35 heavy (non-hydrogen) atoms. The highest BCUT2D eigenvalue weighted by Gasteiger charge is 2.21. The Morgan fingerprint density at radius 1 is 1.06 bits per heavy atom. The Hall–Kier alpha value is -2.84. The highest BCUT2D eigenvalue weighted by Crippen LogP contribution is 2.29. The molecular weight excluding hydrogens is 458 g/mol. The standard InChI is InChI=1S/C27H35N5O2S/c1-6-32-24(20-7-9-21(10-8-20)27(3,4)5)29-30-26(32)35-19(2)25(33)28-22-11-13-23(14-12-22)31-15-17-34-18-16-31/h7-14,19H,6,15-18H2,1-5H3,(H,28,33). The number of anilines is 2. The van der Waals surface area contributed by atoms with Gasteiger partial charge in [0.1, 0.15) is 0 Å². The molecule has 0 aliphatic carbocycles. The Bertz CT molecular complexity index is 1130. The van der Waals surface area contributed by atoms with E-state index in [-0.39, 0.29) is 16.6 Å². The Morgan fingerprint density at radius 3 is 2.31 bits per heavy atom. The van der Waals surface area contributed by atoms with Gasteiger partial charge in [-0.15, -0.1) is 10.2 Å². The normalized spacial score (nSPS) is 15.2. The van der Waals surface area contributed by atoms with Gasteiger partial charge in [0, 0.05) is 36.6 Å². The molecule has 1 N–H and O–H groups in total. The van der Waals surface area contributed by atoms with Crippen molar-refractivity contribution in [3.05, 3.63) is 54.1 Å². The molecular formula is C27H35N5O2S. The lowest BCUT2D eigenvalue weighted by Gasteiger charge is -2.28. The van der Waals surface area contributed by atoms with Crippen molar-refractivity contribution in [3.8, 4) is 11.4 Å². The van der Waals surface area contributed by atoms with Gasteiger partial charge in [-0.05, 0) is 49.1 Å². The minimum atomic E-state index is -0.320. The third-order valence-corrected chi connectivity index (χ3v) is 7.29. The van der Waals surface area contributed by atoms with Crippen LogP contribution in [-0.2, 0) is 21.5 Å². The molecule has 2 aromatic carbocycles. The Balaban J connectivity index is 1.40. The van der Waals surface area contributed by atoms with E-state index in [1.54, 1.807) is 0 Å². The third kappa shape index (κ3) is 6.05. The average Bonchev–Trinajstić information content (AvgIpc) is 3.27. The lowest BCUT2D eigenvalue weighted by atomic mass is 9.87. The third-order valence-electron chi connectivity index (χ3n) is 6.20. The number of rotatable bonds is 7. The topological polar surface area (TPSA) is 72.3 Å². The molecule has 1 unspecified atom stereocenters. The number of morpholine rings is 1. The molecule has 1 aliphatic rings. The highest BCUT2D eigenvalue weighted by atomic mass is 32.2. The maximum Gasteiger partial charge on any atom is 0.237 e. The zero-order chi connectivity index (χ0) is 25.0. The summed E-state index contributed by atoms with van der Waals surface area (Å²) in [5, 5.41) is 12.3. The van der Waals surface area contributed by atoms with Gasteiger partial charge < -0.3 is 19.5 Å². The second-order valence-electron chi connectivity index (χ2n) is 9.77. The van der Waals surface area contributed by atoms with Crippen LogP contribution in [-0.4, -0.2) is 52.2 Å². The van der Waals surface area contributed by atoms with Crippen molar-refractivity contribution in [2.45, 2.75) is 57.0 Å². The van der Waals surface area contributed by atoms with E-state index in [1.807, 2.05) is 31.2 Å². The number of hydrogen-bond acceptors (Lipinski definition) is 6. The molecule has 1 amide bonds. The summed E-state index contributed by atoms with van der Waals surface area (Å²) in [7, 11) is 0. The lowest BCUT2D eigenvalue weighted by molar-refractivity contribution is -0.115. The largest absolute Gasteiger partial charge is 0.378 e. The molecule has 0 radical (unpaired) electrons. The monoisotopic (exact) mass is 493 g/mol. The number of carbonyl (C=O) groups is 1. The number of hydrogen-bond donors (Lipinski definition) is 1. The molecule has 1 saturated heterocycles. The summed E-state index contributed by atoms with van der Waals surface area (Å²) in [5.41, 5.74) is 4.34. The van der Waals surface area contributed by atoms with E-state index in [9.17, 15) is 4.79 Å². The van der Waals surface area contributed by atoms with E-state index in [0.29, 0.717) is 0 Å². The molecule has 7 nitrogen and oxygen atoms in total. The predicted octanol–water partition coefficient (Wildman–Crippen LogP) is 5.22. The minimum Gasteiger partial charge on any atom is -0.378 e. The second-order valence-corrected chi connectivity index (χ2v) is 11.1. The van der Waals surface area contributed by atoms with Crippen LogP contribution in [0.4, 0.5) is 11.4 Å². The van der Waals surface area contributed by atoms with E-state index in [4.69, 9.17) is 4.74 Å². The minimum absolute atomic E-state index is 0.0594. The molecule has 186 valence electrons. The molecule has 1 aliphatic heterocycles. The summed E-state index contributed by atoms with van der Waals surface area (Å²) in [6.07, 6.45) is 0. The van der Waals surface area contributed by atoms with Crippen molar-refractivity contribution < 1.29 is 9.53 Å². The van der Waals surface area contributed by atoms with Crippen molar-refractivity contribution >= 4 is 29.0 Å². The summed E-state index contributed by atoms with van der Waals surface area (Å²) in [5.74, 6) is 0.762. The van der Waals surface area contributed by atoms with Crippen LogP contribution in [0.25, 0.3) is 11.4 Å². The Kier molecular flexibility index (Phi) is 7.82. The Morgan fingerprint density at radius 2 is 1.71 bits per heavy atom. The number of benzene rings is 2. The van der Waals surface area contributed by atoms with Gasteiger partial charge in [-0.25, -0.2) is 0 Å². The summed E-state index contributed by atoms with van der Waals surface area (Å²) >= 11 is 1.43. The van der Waals surface area contributed by atoms with Gasteiger partial charge >= 0.3 is 0 Å². The number of carbonyl (C=O) groups excluding carboxylic acids is 1. The molecule has 1 atom stereocenters. The van der Waals surface area contributed by atoms with Crippen LogP contribution >= 0.6 is 11.8 Å². The maximum atomic E-state index is 12.9. The quantitative estimate of drug-likeness (QED) is 0.455. The molecule has 3 aromatic rings. The first kappa shape index (κ1) is 25.3. The average molecular weight is 494 g/mol. The Labute approximate surface area is 212 Å². The van der Waals surface area contributed by atoms with E-state index in [1.165, 1.54) is 17.3 Å². The summed E-state index contributed by atoms with van der Waals surface area (Å²) < 4.78 is 7.49. The lowest BCUT2D eigenvalue weighted by Crippen LogP contribution is -2.36. The first-order valence-corrected chi connectivity index (χ1v) is 13.1. The van der Waals surface area contributed by atoms with Crippen LogP contribution in [0.2, 0.25) is 0 Å². The molecule has 1 fully saturated rings. The molecule has 8 heteroatoms. The predicted molar refractivity (Wildman–Crippen MR) is 143 cm³/mol. The molecule has 4 rings (SSSR count). The van der Waals surface area contributed by atoms with Crippen molar-refractivity contribution in [3.63, 3.8) is 0 Å². The fraction of sp³-hybridized carbons (Fsp3) is 0.444. The van der Waals surface area contributed by atoms with E-state index < -0.39 is 0 Å². The number of amides is 1. The second kappa shape index (κ2) is 10.8. The fourth-order valence-electron chi connectivity index (χ4n) is 4.03. The van der Waals surface area contributed by atoms with E-state index in [2.05, 4.69) is 76.9 Å². The number of nitrogens with one attached hydrogen (secondary N) is 1. The zero-order valence-electron chi connectivity index (χ0n) is 21.2. The van der Waals surface area contributed by atoms with Crippen molar-refractivity contribution in [2.75, 3.05) is 36.5 Å². The van der Waals surface area contributed by atoms with Gasteiger partial charge in [-0.2, -0.15) is 0 Å². The van der Waals surface area contributed by atoms with Gasteiger partial charge in [0.2, 0.25) is 5.91 Å². The number of thioether (sulfide) groups is 1. The van der Waals surface area contributed by atoms with Crippen LogP contribution in [0.5, 0.6) is 0 Å². The van der Waals surface area contributed by atoms with Crippen molar-refractivity contribution in [2.24, 2.45) is 0 Å². The molecule has 0 spiro atoms. The first-order chi connectivity index (χ1) is 16.8. The summed E-state index contributed by atoms with van der Waals surface area (Å²) in [4.78, 5) is 15.2. The van der Waals surface area contributed by atoms with Gasteiger partial charge in [-0.3, -0.25) is 4.79 Å². The number of nitrogens with zero attached hydrogens (tertiary/aromatic N) is 4. The number of aromatic nitrogens is 3. The first-order valence-electron chi connectivity index (χ1n) is 12.2. The van der Waals surface area contributed by atoms with Crippen LogP contribution < -0.4 is 10.2 Å². The molecule has 0 saturated carbocycles. The molecule has 1 aromatic heterocycles. The van der Waals surface area contributed by atoms with Gasteiger partial charge in [0.15, 0.2) is 11.0 Å². The fourth-order valence-corrected chi connectivity index (χ4v) is 4.94. The van der Waals surface area contributed by atoms with Gasteiger partial charge in [0.25, 0.3) is 0 Å². The smallest absolute Gasteiger partial charge is 0.237 e. The number of ether oxygens (including phenoxy) is 1. The van der Waals surface area contributed by atoms with E-state index >= 15 is 0 Å². The highest BCUT2D eigenvalue weighted by molar-refractivity contribution is 8.00. The molecule has 2 heterocycles. The van der Waals surface area contributed by atoms with Crippen LogP contribution in [0.1, 0.15) is 40.2 Å². The van der Waals surface area contributed by atoms with Gasteiger partial charge in [-0.1, -0.05) is 56.8 Å². The summed E-state index contributed by atoms with van der Waals surface area (Å²) in [6, 6.07) is 16.5. The summed E-state index contributed by atoms with van der Waals surface area (Å²) in [6.45, 7) is 14.6. The van der Waals surface area contributed by atoms with Gasteiger partial charge in [0.05, 0.1) is 18.5 Å². The van der Waals surface area contributed by atoms with Crippen LogP contribution in [0.15, 0.2) is 53.7 Å². The molecule has 0 bridgehead atoms. The SMILES string of the molecule is CCn1c(SC(C)C(=O)Nc2ccc(N3CCOCC3)cc2)nnc1-c1ccc(C(C)(C)C)cc1. The zero-order valence-corrected chi connectivity index (χ0v) is 22.1. The van der Waals surface area contributed by atoms with Crippen molar-refractivity contribution in [1.82, 2.24) is 14.8 Å². The van der Waals surface area contributed by atoms with Crippen LogP contribution in [0, 0.1) is 0 Å². The maximum absolute atomic E-state index is 12.9. The van der Waals surface area contributed by atoms with Crippen molar-refractivity contribution in [1.29, 1.82) is 0 Å². The van der Waals surface area contributed by atoms with E-state index in [0.717, 1.165) is 60.8 Å². The van der Waals surface area contributed by atoms with Crippen LogP contribution in [0.3, 0.4) is 0 Å².